The monoisotopic (exact) mass is 486 g/mol. The molecule has 1 unspecified atom stereocenters. The molecule has 2 fully saturated rings. The lowest BCUT2D eigenvalue weighted by Gasteiger charge is -2.41. The summed E-state index contributed by atoms with van der Waals surface area (Å²) in [4.78, 5) is 48.5. The van der Waals surface area contributed by atoms with Gasteiger partial charge in [0.15, 0.2) is 12.6 Å². The molecule has 3 N–H and O–H groups in total. The molecule has 0 heterocycles. The Balaban J connectivity index is 2.18. The number of phenols is 3. The van der Waals surface area contributed by atoms with Crippen LogP contribution in [0.15, 0.2) is 0 Å². The molecule has 0 saturated heterocycles. The minimum Gasteiger partial charge on any atom is -0.507 e. The summed E-state index contributed by atoms with van der Waals surface area (Å²) in [5.74, 6) is -2.13. The number of carbonyl (C=O) groups excluding carboxylic acids is 4. The quantitative estimate of drug-likeness (QED) is 0.388. The summed E-state index contributed by atoms with van der Waals surface area (Å²) < 4.78 is 0. The highest BCUT2D eigenvalue weighted by Gasteiger charge is 2.67. The van der Waals surface area contributed by atoms with Crippen LogP contribution in [0.25, 0.3) is 0 Å². The van der Waals surface area contributed by atoms with E-state index in [0.29, 0.717) is 32.1 Å². The number of aromatic hydroxyl groups is 3. The summed E-state index contributed by atoms with van der Waals surface area (Å²) in [6, 6.07) is 0. The predicted molar refractivity (Wildman–Crippen MR) is 131 cm³/mol. The van der Waals surface area contributed by atoms with Gasteiger partial charge in [-0.25, -0.2) is 0 Å². The van der Waals surface area contributed by atoms with Gasteiger partial charge < -0.3 is 20.1 Å². The van der Waals surface area contributed by atoms with Crippen LogP contribution in [-0.2, 0) is 9.59 Å². The number of aldehydes is 2. The maximum Gasteiger partial charge on any atom is 0.157 e. The van der Waals surface area contributed by atoms with E-state index in [0.717, 1.165) is 0 Å². The molecule has 2 aliphatic rings. The second kappa shape index (κ2) is 9.40. The van der Waals surface area contributed by atoms with Gasteiger partial charge >= 0.3 is 0 Å². The zero-order valence-corrected chi connectivity index (χ0v) is 21.6. The molecular weight excluding hydrogens is 448 g/mol. The van der Waals surface area contributed by atoms with Crippen LogP contribution in [0.3, 0.4) is 0 Å². The van der Waals surface area contributed by atoms with Crippen molar-refractivity contribution >= 4 is 24.1 Å². The molecule has 0 radical (unpaired) electrons. The number of hydrogen-bond acceptors (Lipinski definition) is 7. The average Bonchev–Trinajstić information content (AvgIpc) is 3.14. The zero-order valence-electron chi connectivity index (χ0n) is 21.6. The van der Waals surface area contributed by atoms with Gasteiger partial charge in [-0.05, 0) is 60.7 Å². The number of rotatable bonds is 10. The average molecular weight is 487 g/mol. The van der Waals surface area contributed by atoms with Gasteiger partial charge in [-0.3, -0.25) is 14.4 Å². The van der Waals surface area contributed by atoms with E-state index in [4.69, 9.17) is 0 Å². The van der Waals surface area contributed by atoms with E-state index >= 15 is 0 Å². The van der Waals surface area contributed by atoms with Crippen LogP contribution in [0.5, 0.6) is 17.2 Å². The van der Waals surface area contributed by atoms with Crippen LogP contribution >= 0.6 is 0 Å². The maximum atomic E-state index is 13.4. The van der Waals surface area contributed by atoms with Gasteiger partial charge in [0.2, 0.25) is 0 Å². The molecule has 192 valence electrons. The maximum absolute atomic E-state index is 13.4. The molecule has 0 amide bonds. The van der Waals surface area contributed by atoms with Gasteiger partial charge in [-0.15, -0.1) is 0 Å². The lowest BCUT2D eigenvalue weighted by atomic mass is 9.62. The summed E-state index contributed by atoms with van der Waals surface area (Å²) in [7, 11) is 0. The highest BCUT2D eigenvalue weighted by Crippen LogP contribution is 2.71. The largest absolute Gasteiger partial charge is 0.507 e. The molecular formula is C28H38O7. The van der Waals surface area contributed by atoms with Crippen molar-refractivity contribution < 1.29 is 34.5 Å². The molecule has 0 aliphatic heterocycles. The third-order valence-electron chi connectivity index (χ3n) is 8.89. The Morgan fingerprint density at radius 1 is 1.03 bits per heavy atom. The Hall–Kier alpha value is -2.70. The van der Waals surface area contributed by atoms with Crippen LogP contribution < -0.4 is 0 Å². The SMILES string of the molecule is CC(=O)CC[C@@H]1[C@H](C2C(=O)CC[C@]2(C)[C@H](CC(C)C)c2c(O)c(C=O)c(O)c(C=O)c2O)C1(C)C. The van der Waals surface area contributed by atoms with Crippen LogP contribution in [0.1, 0.15) is 106 Å². The lowest BCUT2D eigenvalue weighted by molar-refractivity contribution is -0.123. The second-order valence-corrected chi connectivity index (χ2v) is 11.8. The Morgan fingerprint density at radius 3 is 2.03 bits per heavy atom. The van der Waals surface area contributed by atoms with Gasteiger partial charge in [0.1, 0.15) is 28.8 Å². The van der Waals surface area contributed by atoms with E-state index in [2.05, 4.69) is 13.8 Å². The summed E-state index contributed by atoms with van der Waals surface area (Å²) in [6.45, 7) is 11.8. The third-order valence-corrected chi connectivity index (χ3v) is 8.89. The minimum absolute atomic E-state index is 0.0432. The number of benzene rings is 1. The predicted octanol–water partition coefficient (Wildman–Crippen LogP) is 5.18. The Labute approximate surface area is 206 Å². The van der Waals surface area contributed by atoms with E-state index in [-0.39, 0.29) is 58.8 Å². The first-order valence-electron chi connectivity index (χ1n) is 12.5. The van der Waals surface area contributed by atoms with Crippen molar-refractivity contribution in [3.63, 3.8) is 0 Å². The number of phenolic OH excluding ortho intramolecular Hbond substituents is 3. The molecule has 1 aromatic rings. The van der Waals surface area contributed by atoms with Crippen molar-refractivity contribution in [2.75, 3.05) is 0 Å². The fraction of sp³-hybridized carbons (Fsp3) is 0.643. The number of ketones is 2. The standard InChI is InChI=1S/C28H38O7/c1-14(2)11-19(21-25(34)16(12-29)24(33)17(13-30)26(21)35)28(6)10-9-20(32)23(28)22-18(27(22,4)5)8-7-15(3)31/h12-14,18-19,22-23,33-35H,7-11H2,1-6H3/t18-,19-,22-,23?,28-/m1/s1. The van der Waals surface area contributed by atoms with E-state index < -0.39 is 39.7 Å². The van der Waals surface area contributed by atoms with Gasteiger partial charge in [0.25, 0.3) is 0 Å². The van der Waals surface area contributed by atoms with Crippen LogP contribution in [0.2, 0.25) is 0 Å². The smallest absolute Gasteiger partial charge is 0.157 e. The minimum atomic E-state index is -0.756. The fourth-order valence-corrected chi connectivity index (χ4v) is 6.94. The number of carbonyl (C=O) groups is 4. The molecule has 0 spiro atoms. The third kappa shape index (κ3) is 4.38. The highest BCUT2D eigenvalue weighted by atomic mass is 16.3. The van der Waals surface area contributed by atoms with E-state index in [1.807, 2.05) is 20.8 Å². The summed E-state index contributed by atoms with van der Waals surface area (Å²) >= 11 is 0. The first-order valence-corrected chi connectivity index (χ1v) is 12.5. The van der Waals surface area contributed by atoms with Crippen LogP contribution in [0.4, 0.5) is 0 Å². The highest BCUT2D eigenvalue weighted by molar-refractivity contribution is 5.95. The molecule has 35 heavy (non-hydrogen) atoms. The molecule has 2 aliphatic carbocycles. The molecule has 0 aromatic heterocycles. The van der Waals surface area contributed by atoms with E-state index in [9.17, 15) is 34.5 Å². The lowest BCUT2D eigenvalue weighted by Crippen LogP contribution is -2.36. The van der Waals surface area contributed by atoms with Gasteiger partial charge in [0.05, 0.1) is 11.1 Å². The van der Waals surface area contributed by atoms with Crippen molar-refractivity contribution in [2.24, 2.45) is 34.5 Å². The van der Waals surface area contributed by atoms with Crippen molar-refractivity contribution in [2.45, 2.75) is 79.6 Å². The molecule has 7 heteroatoms. The fourth-order valence-electron chi connectivity index (χ4n) is 6.94. The molecule has 3 rings (SSSR count). The Morgan fingerprint density at radius 2 is 1.57 bits per heavy atom. The summed E-state index contributed by atoms with van der Waals surface area (Å²) in [6.07, 6.45) is 3.11. The molecule has 0 bridgehead atoms. The van der Waals surface area contributed by atoms with Gasteiger partial charge in [0, 0.05) is 24.3 Å². The summed E-state index contributed by atoms with van der Waals surface area (Å²) in [5.41, 5.74) is -1.64. The molecule has 1 aromatic carbocycles. The van der Waals surface area contributed by atoms with Crippen LogP contribution in [-0.4, -0.2) is 39.5 Å². The Kier molecular flexibility index (Phi) is 7.22. The van der Waals surface area contributed by atoms with E-state index in [1.54, 1.807) is 6.92 Å². The van der Waals surface area contributed by atoms with Crippen molar-refractivity contribution in [3.8, 4) is 17.2 Å². The first-order chi connectivity index (χ1) is 16.2. The van der Waals surface area contributed by atoms with Crippen molar-refractivity contribution in [3.05, 3.63) is 16.7 Å². The second-order valence-electron chi connectivity index (χ2n) is 11.8. The number of hydrogen-bond donors (Lipinski definition) is 3. The van der Waals surface area contributed by atoms with Crippen molar-refractivity contribution in [1.29, 1.82) is 0 Å². The molecule has 5 atom stereocenters. The summed E-state index contributed by atoms with van der Waals surface area (Å²) in [5, 5.41) is 32.4. The normalized spacial score (nSPS) is 28.2. The van der Waals surface area contributed by atoms with Gasteiger partial charge in [-0.1, -0.05) is 34.6 Å². The van der Waals surface area contributed by atoms with Gasteiger partial charge in [-0.2, -0.15) is 0 Å². The molecule has 2 saturated carbocycles. The zero-order chi connectivity index (χ0) is 26.5. The molecule has 7 nitrogen and oxygen atoms in total. The van der Waals surface area contributed by atoms with Crippen LogP contribution in [0, 0.1) is 34.5 Å². The van der Waals surface area contributed by atoms with E-state index in [1.165, 1.54) is 0 Å². The van der Waals surface area contributed by atoms with Crippen molar-refractivity contribution in [1.82, 2.24) is 0 Å². The number of Topliss-reactive ketones (excluding diaryl/α,β-unsaturated/α-hetero) is 2. The topological polar surface area (TPSA) is 129 Å². The first kappa shape index (κ1) is 26.9. The Bertz CT molecular complexity index is 1020.